The number of aliphatic hydroxyl groups is 1. The van der Waals surface area contributed by atoms with E-state index < -0.39 is 5.60 Å². The number of benzene rings is 2. The highest BCUT2D eigenvalue weighted by atomic mass is 35.5. The summed E-state index contributed by atoms with van der Waals surface area (Å²) in [5.41, 5.74) is 0.641. The van der Waals surface area contributed by atoms with Gasteiger partial charge in [-0.05, 0) is 36.1 Å². The highest BCUT2D eigenvalue weighted by Crippen LogP contribution is 2.44. The summed E-state index contributed by atoms with van der Waals surface area (Å²) < 4.78 is 12.7. The van der Waals surface area contributed by atoms with Crippen LogP contribution in [-0.2, 0) is 23.5 Å². The van der Waals surface area contributed by atoms with Gasteiger partial charge in [0, 0.05) is 5.92 Å². The molecule has 35 heavy (non-hydrogen) atoms. The van der Waals surface area contributed by atoms with Crippen molar-refractivity contribution < 1.29 is 31.2 Å². The smallest absolute Gasteiger partial charge is 0.231 e. The summed E-state index contributed by atoms with van der Waals surface area (Å²) in [6.07, 6.45) is 5.95. The fraction of sp³-hybridized carbons (Fsp3) is 0.444. The van der Waals surface area contributed by atoms with Crippen LogP contribution in [0.4, 0.5) is 0 Å². The van der Waals surface area contributed by atoms with Gasteiger partial charge in [-0.2, -0.15) is 0 Å². The van der Waals surface area contributed by atoms with E-state index in [1.54, 1.807) is 12.3 Å². The van der Waals surface area contributed by atoms with Gasteiger partial charge in [0.05, 0.1) is 43.6 Å². The van der Waals surface area contributed by atoms with E-state index in [1.165, 1.54) is 0 Å². The van der Waals surface area contributed by atoms with Crippen molar-refractivity contribution in [3.8, 4) is 0 Å². The first-order valence-electron chi connectivity index (χ1n) is 11.8. The summed E-state index contributed by atoms with van der Waals surface area (Å²) in [7, 11) is 4.26. The molecule has 0 spiro atoms. The molecule has 2 aromatic carbocycles. The highest BCUT2D eigenvalue weighted by molar-refractivity contribution is 6.42. The fourth-order valence-corrected chi connectivity index (χ4v) is 5.08. The predicted octanol–water partition coefficient (Wildman–Crippen LogP) is 3.20. The molecule has 190 valence electrons. The highest BCUT2D eigenvalue weighted by Gasteiger charge is 2.45. The monoisotopic (exact) mass is 538 g/mol. The van der Waals surface area contributed by atoms with Crippen LogP contribution in [0.5, 0.6) is 0 Å². The Bertz CT molecular complexity index is 1080. The second-order valence-electron chi connectivity index (χ2n) is 9.86. The van der Waals surface area contributed by atoms with Crippen LogP contribution in [0.2, 0.25) is 10.0 Å². The SMILES string of the molecule is C[N+](C)(CCOCc1ccc(Cl)c(Cl)c1)Cc1cnc(C(O)(c2ccccc2)C2CCCC2)o1.[Cl-]. The number of hydrogen-bond donors (Lipinski definition) is 1. The lowest BCUT2D eigenvalue weighted by Crippen LogP contribution is -3.00. The van der Waals surface area contributed by atoms with E-state index >= 15 is 0 Å². The topological polar surface area (TPSA) is 55.5 Å². The van der Waals surface area contributed by atoms with Crippen molar-refractivity contribution in [1.29, 1.82) is 0 Å². The van der Waals surface area contributed by atoms with Crippen molar-refractivity contribution in [2.75, 3.05) is 27.2 Å². The zero-order chi connectivity index (χ0) is 24.2. The maximum absolute atomic E-state index is 11.9. The molecule has 1 N–H and O–H groups in total. The average Bonchev–Trinajstić information content (AvgIpc) is 3.52. The summed E-state index contributed by atoms with van der Waals surface area (Å²) in [5.74, 6) is 1.27. The molecule has 0 amide bonds. The van der Waals surface area contributed by atoms with Gasteiger partial charge >= 0.3 is 0 Å². The minimum atomic E-state index is -1.20. The van der Waals surface area contributed by atoms with Crippen molar-refractivity contribution in [2.24, 2.45) is 5.92 Å². The Morgan fingerprint density at radius 3 is 2.49 bits per heavy atom. The Labute approximate surface area is 224 Å². The number of likely N-dealkylation sites (N-methyl/N-ethyl adjacent to an activating group) is 1. The maximum atomic E-state index is 11.9. The molecular weight excluding hydrogens is 507 g/mol. The first kappa shape index (κ1) is 28.0. The fourth-order valence-electron chi connectivity index (χ4n) is 4.76. The van der Waals surface area contributed by atoms with Crippen molar-refractivity contribution in [3.63, 3.8) is 0 Å². The van der Waals surface area contributed by atoms with Crippen LogP contribution in [0.15, 0.2) is 59.1 Å². The summed E-state index contributed by atoms with van der Waals surface area (Å²) in [6.45, 7) is 2.51. The lowest BCUT2D eigenvalue weighted by atomic mass is 9.80. The van der Waals surface area contributed by atoms with E-state index in [9.17, 15) is 5.11 Å². The van der Waals surface area contributed by atoms with E-state index in [0.717, 1.165) is 49.1 Å². The van der Waals surface area contributed by atoms with Crippen LogP contribution in [0.3, 0.4) is 0 Å². The van der Waals surface area contributed by atoms with E-state index in [4.69, 9.17) is 32.4 Å². The van der Waals surface area contributed by atoms with Crippen molar-refractivity contribution in [2.45, 2.75) is 44.4 Å². The maximum Gasteiger partial charge on any atom is 0.231 e. The Balaban J connectivity index is 0.00000342. The number of rotatable bonds is 10. The van der Waals surface area contributed by atoms with Crippen molar-refractivity contribution in [3.05, 3.63) is 87.6 Å². The van der Waals surface area contributed by atoms with Crippen LogP contribution >= 0.6 is 23.2 Å². The van der Waals surface area contributed by atoms with Gasteiger partial charge in [-0.15, -0.1) is 0 Å². The third-order valence-electron chi connectivity index (χ3n) is 6.72. The molecular formula is C27H33Cl3N2O3. The van der Waals surface area contributed by atoms with E-state index in [2.05, 4.69) is 19.1 Å². The summed E-state index contributed by atoms with van der Waals surface area (Å²) in [5, 5.41) is 13.0. The Morgan fingerprint density at radius 1 is 1.09 bits per heavy atom. The Kier molecular flexibility index (Phi) is 9.67. The molecule has 3 aromatic rings. The minimum absolute atomic E-state index is 0. The van der Waals surface area contributed by atoms with Crippen LogP contribution in [-0.4, -0.2) is 41.8 Å². The minimum Gasteiger partial charge on any atom is -1.00 e. The molecule has 0 saturated heterocycles. The summed E-state index contributed by atoms with van der Waals surface area (Å²) in [4.78, 5) is 4.56. The van der Waals surface area contributed by atoms with Crippen molar-refractivity contribution in [1.82, 2.24) is 4.98 Å². The van der Waals surface area contributed by atoms with Gasteiger partial charge in [0.25, 0.3) is 0 Å². The first-order chi connectivity index (χ1) is 16.3. The predicted molar refractivity (Wildman–Crippen MR) is 135 cm³/mol. The molecule has 0 radical (unpaired) electrons. The zero-order valence-corrected chi connectivity index (χ0v) is 22.5. The van der Waals surface area contributed by atoms with Gasteiger partial charge in [-0.25, -0.2) is 4.98 Å². The largest absolute Gasteiger partial charge is 1.00 e. The summed E-state index contributed by atoms with van der Waals surface area (Å²) >= 11 is 12.1. The molecule has 1 aliphatic rings. The van der Waals surface area contributed by atoms with Crippen LogP contribution < -0.4 is 12.4 Å². The summed E-state index contributed by atoms with van der Waals surface area (Å²) in [6, 6.07) is 15.3. The number of oxazole rings is 1. The number of halogens is 3. The van der Waals surface area contributed by atoms with Gasteiger partial charge in [0.1, 0.15) is 13.1 Å². The third kappa shape index (κ3) is 6.79. The molecule has 0 bridgehead atoms. The molecule has 1 unspecified atom stereocenters. The lowest BCUT2D eigenvalue weighted by Gasteiger charge is -2.32. The van der Waals surface area contributed by atoms with Crippen molar-refractivity contribution >= 4 is 23.2 Å². The second-order valence-corrected chi connectivity index (χ2v) is 10.7. The van der Waals surface area contributed by atoms with Gasteiger partial charge in [0.2, 0.25) is 5.89 Å². The molecule has 1 fully saturated rings. The average molecular weight is 540 g/mol. The molecule has 1 atom stereocenters. The molecule has 1 aromatic heterocycles. The van der Waals surface area contributed by atoms with Crippen LogP contribution in [0.25, 0.3) is 0 Å². The number of ether oxygens (including phenoxy) is 1. The van der Waals surface area contributed by atoms with Gasteiger partial charge in [-0.1, -0.05) is 72.4 Å². The van der Waals surface area contributed by atoms with Crippen LogP contribution in [0, 0.1) is 5.92 Å². The Hall–Kier alpha value is -1.60. The Morgan fingerprint density at radius 2 is 1.80 bits per heavy atom. The molecule has 4 rings (SSSR count). The van der Waals surface area contributed by atoms with Crippen LogP contribution in [0.1, 0.15) is 48.5 Å². The zero-order valence-electron chi connectivity index (χ0n) is 20.2. The number of aromatic nitrogens is 1. The van der Waals surface area contributed by atoms with E-state index in [-0.39, 0.29) is 18.3 Å². The second kappa shape index (κ2) is 12.1. The standard InChI is InChI=1S/C27H33Cl2N2O3.ClH/c1-31(2,14-15-33-19-20-12-13-24(28)25(29)16-20)18-23-17-30-26(34-23)27(32,22-10-6-7-11-22)21-8-4-3-5-9-21;/h3-5,8-9,12-13,16-17,22,32H,6-7,10-11,14-15,18-19H2,1-2H3;1H/q+1;/p-1. The molecule has 8 heteroatoms. The van der Waals surface area contributed by atoms with Gasteiger partial charge in [-0.3, -0.25) is 0 Å². The third-order valence-corrected chi connectivity index (χ3v) is 7.46. The number of quaternary nitrogens is 1. The quantitative estimate of drug-likeness (QED) is 0.318. The molecule has 1 saturated carbocycles. The lowest BCUT2D eigenvalue weighted by molar-refractivity contribution is -0.905. The number of nitrogens with zero attached hydrogens (tertiary/aromatic N) is 2. The van der Waals surface area contributed by atoms with Gasteiger partial charge < -0.3 is 31.2 Å². The molecule has 0 aliphatic heterocycles. The number of hydrogen-bond acceptors (Lipinski definition) is 4. The molecule has 1 heterocycles. The molecule has 1 aliphatic carbocycles. The van der Waals surface area contributed by atoms with E-state index in [1.807, 2.05) is 42.5 Å². The van der Waals surface area contributed by atoms with Gasteiger partial charge in [0.15, 0.2) is 11.4 Å². The van der Waals surface area contributed by atoms with E-state index in [0.29, 0.717) is 40.2 Å². The first-order valence-corrected chi connectivity index (χ1v) is 12.6. The normalized spacial score (nSPS) is 16.1. The molecule has 5 nitrogen and oxygen atoms in total.